The van der Waals surface area contributed by atoms with E-state index in [2.05, 4.69) is 10.6 Å². The molecular formula is C42H44ClF3N4O5. The molecule has 0 spiro atoms. The average Bonchev–Trinajstić information content (AvgIpc) is 3.92. The number of pyridine rings is 1. The Labute approximate surface area is 323 Å². The lowest BCUT2D eigenvalue weighted by Gasteiger charge is -2.24. The van der Waals surface area contributed by atoms with E-state index in [1.807, 2.05) is 53.4 Å². The third-order valence-electron chi connectivity index (χ3n) is 11.1. The van der Waals surface area contributed by atoms with Crippen LogP contribution in [-0.4, -0.2) is 60.2 Å². The molecule has 290 valence electrons. The summed E-state index contributed by atoms with van der Waals surface area (Å²) < 4.78 is 55.1. The number of anilines is 1. The molecule has 2 fully saturated rings. The van der Waals surface area contributed by atoms with Crippen LogP contribution in [0.1, 0.15) is 72.4 Å². The van der Waals surface area contributed by atoms with E-state index in [0.717, 1.165) is 65.1 Å². The number of likely N-dealkylation sites (tertiary alicyclic amines) is 1. The van der Waals surface area contributed by atoms with Crippen LogP contribution in [0.2, 0.25) is 5.02 Å². The number of benzene rings is 3. The molecule has 1 aliphatic carbocycles. The third kappa shape index (κ3) is 8.26. The summed E-state index contributed by atoms with van der Waals surface area (Å²) in [4.78, 5) is 29.7. The summed E-state index contributed by atoms with van der Waals surface area (Å²) in [6.45, 7) is 0.909. The van der Waals surface area contributed by atoms with E-state index in [1.165, 1.54) is 13.2 Å². The van der Waals surface area contributed by atoms with E-state index in [9.17, 15) is 27.9 Å². The van der Waals surface area contributed by atoms with Crippen molar-refractivity contribution < 1.29 is 37.3 Å². The number of carboxylic acids is 1. The number of carbonyl (C=O) groups excluding carboxylic acids is 1. The van der Waals surface area contributed by atoms with E-state index in [-0.39, 0.29) is 30.7 Å². The molecule has 55 heavy (non-hydrogen) atoms. The lowest BCUT2D eigenvalue weighted by molar-refractivity contribution is -0.141. The number of carboxylic acid groups (broad SMARTS) is 1. The highest BCUT2D eigenvalue weighted by Crippen LogP contribution is 2.46. The standard InChI is InChI=1S/C42H44ClF3N4O5/c1-54-37-21-36(33(42(44,45)46)20-26(37)23-50-19-18-25(22-50)41(52)53)48-34-16-14-29-28(8-4-9-30(29)34)31-10-5-11-32(39(31)43)35-15-12-24(40(49-35)55-2)6-3-7-27-13-17-38(51)47-27/h4-5,8-12,15,20-21,25,27,34,48H,3,6-7,13-14,16-19,22-23H2,1-2H3,(H,47,51)(H,52,53)/t25-,27+,34-/m0/s1. The summed E-state index contributed by atoms with van der Waals surface area (Å²) in [6.07, 6.45) is 1.00. The van der Waals surface area contributed by atoms with Crippen LogP contribution in [-0.2, 0) is 35.2 Å². The minimum absolute atomic E-state index is 0.0741. The fourth-order valence-corrected chi connectivity index (χ4v) is 8.64. The molecule has 1 amide bonds. The van der Waals surface area contributed by atoms with Gasteiger partial charge in [-0.1, -0.05) is 54.1 Å². The van der Waals surface area contributed by atoms with Crippen LogP contribution >= 0.6 is 11.6 Å². The van der Waals surface area contributed by atoms with Gasteiger partial charge in [-0.25, -0.2) is 4.98 Å². The zero-order chi connectivity index (χ0) is 38.9. The summed E-state index contributed by atoms with van der Waals surface area (Å²) in [7, 11) is 3.02. The molecule has 3 heterocycles. The number of hydrogen-bond acceptors (Lipinski definition) is 7. The predicted molar refractivity (Wildman–Crippen MR) is 204 cm³/mol. The first-order valence-electron chi connectivity index (χ1n) is 18.7. The number of methoxy groups -OCH3 is 2. The maximum Gasteiger partial charge on any atom is 0.418 e. The van der Waals surface area contributed by atoms with Gasteiger partial charge < -0.3 is 25.2 Å². The number of halogens is 4. The van der Waals surface area contributed by atoms with E-state index < -0.39 is 29.7 Å². The number of aryl methyl sites for hydroxylation is 1. The molecule has 3 atom stereocenters. The zero-order valence-corrected chi connectivity index (χ0v) is 31.5. The van der Waals surface area contributed by atoms with Gasteiger partial charge in [0.25, 0.3) is 0 Å². The van der Waals surface area contributed by atoms with Crippen molar-refractivity contribution in [2.45, 2.75) is 76.2 Å². The zero-order valence-electron chi connectivity index (χ0n) is 30.8. The van der Waals surface area contributed by atoms with Crippen molar-refractivity contribution in [3.8, 4) is 34.0 Å². The monoisotopic (exact) mass is 776 g/mol. The van der Waals surface area contributed by atoms with Gasteiger partial charge in [0.15, 0.2) is 0 Å². The number of fused-ring (bicyclic) bond motifs is 1. The number of hydrogen-bond donors (Lipinski definition) is 3. The van der Waals surface area contributed by atoms with Gasteiger partial charge in [0.2, 0.25) is 11.8 Å². The molecule has 0 radical (unpaired) electrons. The molecule has 13 heteroatoms. The van der Waals surface area contributed by atoms with Crippen LogP contribution in [0.3, 0.4) is 0 Å². The highest BCUT2D eigenvalue weighted by molar-refractivity contribution is 6.36. The van der Waals surface area contributed by atoms with Gasteiger partial charge in [-0.2, -0.15) is 13.2 Å². The minimum Gasteiger partial charge on any atom is -0.496 e. The van der Waals surface area contributed by atoms with Crippen LogP contribution < -0.4 is 20.1 Å². The normalized spacial score (nSPS) is 19.7. The van der Waals surface area contributed by atoms with Crippen LogP contribution in [0, 0.1) is 5.92 Å². The molecule has 9 nitrogen and oxygen atoms in total. The van der Waals surface area contributed by atoms with Crippen LogP contribution in [0.15, 0.2) is 60.7 Å². The van der Waals surface area contributed by atoms with Crippen molar-refractivity contribution in [3.05, 3.63) is 93.5 Å². The Morgan fingerprint density at radius 2 is 1.78 bits per heavy atom. The molecule has 1 aromatic heterocycles. The minimum atomic E-state index is -4.64. The van der Waals surface area contributed by atoms with Crippen molar-refractivity contribution in [1.29, 1.82) is 0 Å². The van der Waals surface area contributed by atoms with Crippen LogP contribution in [0.25, 0.3) is 22.4 Å². The summed E-state index contributed by atoms with van der Waals surface area (Å²) >= 11 is 7.15. The van der Waals surface area contributed by atoms with Crippen molar-refractivity contribution in [2.75, 3.05) is 32.6 Å². The fourth-order valence-electron chi connectivity index (χ4n) is 8.31. The molecule has 7 rings (SSSR count). The smallest absolute Gasteiger partial charge is 0.418 e. The summed E-state index contributed by atoms with van der Waals surface area (Å²) in [5.74, 6) is -0.499. The van der Waals surface area contributed by atoms with E-state index in [1.54, 1.807) is 7.11 Å². The van der Waals surface area contributed by atoms with E-state index >= 15 is 0 Å². The molecule has 3 aliphatic rings. The van der Waals surface area contributed by atoms with Crippen molar-refractivity contribution in [2.24, 2.45) is 5.92 Å². The Balaban J connectivity index is 1.12. The van der Waals surface area contributed by atoms with E-state index in [4.69, 9.17) is 26.1 Å². The SMILES string of the molecule is COc1cc(N[C@H]2CCc3c(-c4cccc(-c5ccc(CCC[C@@H]6CCC(=O)N6)c(OC)n5)c4Cl)cccc32)c(C(F)(F)F)cc1CN1CC[C@H](C(=O)O)C1. The fraction of sp³-hybridized carbons (Fsp3) is 0.405. The number of ether oxygens (including phenoxy) is 2. The molecule has 0 unspecified atom stereocenters. The molecule has 2 aliphatic heterocycles. The van der Waals surface area contributed by atoms with Crippen molar-refractivity contribution in [1.82, 2.24) is 15.2 Å². The largest absolute Gasteiger partial charge is 0.496 e. The van der Waals surface area contributed by atoms with Gasteiger partial charge in [-0.15, -0.1) is 0 Å². The van der Waals surface area contributed by atoms with Crippen molar-refractivity contribution in [3.63, 3.8) is 0 Å². The Hall–Kier alpha value is -4.81. The summed E-state index contributed by atoms with van der Waals surface area (Å²) in [6, 6.07) is 17.9. The lowest BCUT2D eigenvalue weighted by Crippen LogP contribution is -2.25. The van der Waals surface area contributed by atoms with Crippen LogP contribution in [0.4, 0.5) is 18.9 Å². The topological polar surface area (TPSA) is 113 Å². The van der Waals surface area contributed by atoms with Gasteiger partial charge in [0.05, 0.1) is 48.1 Å². The molecule has 4 aromatic rings. The Morgan fingerprint density at radius 1 is 1.00 bits per heavy atom. The maximum atomic E-state index is 14.6. The first-order valence-corrected chi connectivity index (χ1v) is 19.0. The molecule has 0 bridgehead atoms. The summed E-state index contributed by atoms with van der Waals surface area (Å²) in [5.41, 5.74) is 5.47. The van der Waals surface area contributed by atoms with Gasteiger partial charge in [-0.05, 0) is 80.3 Å². The quantitative estimate of drug-likeness (QED) is 0.124. The number of nitrogens with zero attached hydrogens (tertiary/aromatic N) is 2. The third-order valence-corrected chi connectivity index (χ3v) is 11.5. The number of nitrogens with one attached hydrogen (secondary N) is 2. The number of aliphatic carboxylic acids is 1. The first-order chi connectivity index (χ1) is 26.4. The van der Waals surface area contributed by atoms with Gasteiger partial charge in [0.1, 0.15) is 5.75 Å². The molecular weight excluding hydrogens is 733 g/mol. The Kier molecular flexibility index (Phi) is 11.3. The molecule has 3 aromatic carbocycles. The highest BCUT2D eigenvalue weighted by Gasteiger charge is 2.37. The number of carbonyl (C=O) groups is 2. The lowest BCUT2D eigenvalue weighted by atomic mass is 9.94. The van der Waals surface area contributed by atoms with E-state index in [0.29, 0.717) is 60.1 Å². The first kappa shape index (κ1) is 38.5. The number of amides is 1. The predicted octanol–water partition coefficient (Wildman–Crippen LogP) is 8.71. The van der Waals surface area contributed by atoms with Crippen molar-refractivity contribution >= 4 is 29.2 Å². The number of alkyl halides is 3. The Morgan fingerprint density at radius 3 is 2.49 bits per heavy atom. The molecule has 3 N–H and O–H groups in total. The second kappa shape index (κ2) is 16.1. The Bertz CT molecular complexity index is 2090. The van der Waals surface area contributed by atoms with Gasteiger partial charge in [0, 0.05) is 53.9 Å². The van der Waals surface area contributed by atoms with Crippen LogP contribution in [0.5, 0.6) is 11.6 Å². The van der Waals surface area contributed by atoms with Gasteiger partial charge >= 0.3 is 12.1 Å². The number of aromatic nitrogens is 1. The second-order valence-corrected chi connectivity index (χ2v) is 15.0. The highest BCUT2D eigenvalue weighted by atomic mass is 35.5. The molecule has 2 saturated heterocycles. The number of rotatable bonds is 13. The maximum absolute atomic E-state index is 14.6. The molecule has 0 saturated carbocycles. The summed E-state index contributed by atoms with van der Waals surface area (Å²) in [5, 5.41) is 16.1. The van der Waals surface area contributed by atoms with Gasteiger partial charge in [-0.3, -0.25) is 14.5 Å². The second-order valence-electron chi connectivity index (χ2n) is 14.6. The average molecular weight is 777 g/mol.